The Morgan fingerprint density at radius 1 is 1.14 bits per heavy atom. The minimum Gasteiger partial charge on any atom is -0.385 e. The van der Waals surface area contributed by atoms with Crippen molar-refractivity contribution in [1.82, 2.24) is 0 Å². The van der Waals surface area contributed by atoms with Crippen molar-refractivity contribution in [3.05, 3.63) is 29.3 Å². The lowest BCUT2D eigenvalue weighted by Gasteiger charge is -2.25. The van der Waals surface area contributed by atoms with E-state index < -0.39 is 11.7 Å². The van der Waals surface area contributed by atoms with Gasteiger partial charge >= 0.3 is 6.18 Å². The van der Waals surface area contributed by atoms with Crippen LogP contribution in [0.2, 0.25) is 0 Å². The van der Waals surface area contributed by atoms with E-state index in [1.165, 1.54) is 12.1 Å². The van der Waals surface area contributed by atoms with Crippen molar-refractivity contribution >= 4 is 5.69 Å². The fourth-order valence-corrected chi connectivity index (χ4v) is 2.46. The molecular weight excluding hydrogens is 277 g/mol. The lowest BCUT2D eigenvalue weighted by Crippen LogP contribution is -2.24. The molecule has 0 aliphatic heterocycles. The average molecular weight is 298 g/mol. The van der Waals surface area contributed by atoms with E-state index in [2.05, 4.69) is 33.0 Å². The molecule has 0 heterocycles. The molecule has 21 heavy (non-hydrogen) atoms. The summed E-state index contributed by atoms with van der Waals surface area (Å²) in [5.74, 6) is 1.26. The minimum absolute atomic E-state index is 0.350. The molecule has 0 saturated carbocycles. The maximum Gasteiger partial charge on any atom is 0.417 e. The Bertz CT molecular complexity index is 505. The lowest BCUT2D eigenvalue weighted by atomic mass is 9.85. The monoisotopic (exact) mass is 298 g/mol. The van der Waals surface area contributed by atoms with E-state index in [0.29, 0.717) is 30.0 Å². The highest BCUT2D eigenvalue weighted by atomic mass is 19.4. The molecule has 0 amide bonds. The van der Waals surface area contributed by atoms with Crippen LogP contribution < -0.4 is 5.32 Å². The van der Waals surface area contributed by atoms with Crippen molar-refractivity contribution < 1.29 is 13.2 Å². The Kier molecular flexibility index (Phi) is 5.65. The van der Waals surface area contributed by atoms with Gasteiger partial charge in [0.05, 0.1) is 17.2 Å². The van der Waals surface area contributed by atoms with Crippen molar-refractivity contribution in [2.45, 2.75) is 33.9 Å². The second kappa shape index (κ2) is 6.84. The van der Waals surface area contributed by atoms with Crippen molar-refractivity contribution in [1.29, 1.82) is 5.26 Å². The molecular formula is C16H21F3N2. The normalized spacial score (nSPS) is 12.0. The minimum atomic E-state index is -4.52. The van der Waals surface area contributed by atoms with Gasteiger partial charge in [-0.25, -0.2) is 0 Å². The molecule has 2 nitrogen and oxygen atoms in total. The van der Waals surface area contributed by atoms with Crippen LogP contribution >= 0.6 is 0 Å². The van der Waals surface area contributed by atoms with E-state index in [0.717, 1.165) is 6.07 Å². The number of alkyl halides is 3. The third-order valence-corrected chi connectivity index (χ3v) is 3.70. The van der Waals surface area contributed by atoms with Crippen LogP contribution in [0.1, 0.15) is 38.8 Å². The van der Waals surface area contributed by atoms with Gasteiger partial charge in [-0.2, -0.15) is 18.4 Å². The van der Waals surface area contributed by atoms with Gasteiger partial charge in [0.2, 0.25) is 0 Å². The second-order valence-corrected chi connectivity index (χ2v) is 5.90. The maximum atomic E-state index is 12.9. The number of nitrogens with one attached hydrogen (secondary N) is 1. The van der Waals surface area contributed by atoms with E-state index >= 15 is 0 Å². The van der Waals surface area contributed by atoms with Crippen LogP contribution in [0.15, 0.2) is 18.2 Å². The standard InChI is InChI=1S/C16H21F3N2/c1-10(2)14(11(3)4)9-21-13-6-5-12(8-20)15(7-13)16(17,18)19/h5-7,10-11,14,21H,9H2,1-4H3. The maximum absolute atomic E-state index is 12.9. The number of rotatable bonds is 5. The Balaban J connectivity index is 2.94. The molecule has 0 aromatic heterocycles. The molecule has 1 aromatic rings. The Morgan fingerprint density at radius 2 is 1.71 bits per heavy atom. The number of anilines is 1. The van der Waals surface area contributed by atoms with Crippen molar-refractivity contribution in [2.24, 2.45) is 17.8 Å². The van der Waals surface area contributed by atoms with Crippen molar-refractivity contribution in [2.75, 3.05) is 11.9 Å². The summed E-state index contributed by atoms with van der Waals surface area (Å²) in [6.45, 7) is 9.02. The van der Waals surface area contributed by atoms with Crippen LogP contribution in [0, 0.1) is 29.1 Å². The fraction of sp³-hybridized carbons (Fsp3) is 0.562. The van der Waals surface area contributed by atoms with Gasteiger partial charge in [-0.05, 0) is 36.0 Å². The summed E-state index contributed by atoms with van der Waals surface area (Å²) in [6, 6.07) is 5.33. The zero-order chi connectivity index (χ0) is 16.2. The molecule has 0 unspecified atom stereocenters. The summed E-state index contributed by atoms with van der Waals surface area (Å²) in [5.41, 5.74) is -0.842. The van der Waals surface area contributed by atoms with Gasteiger partial charge in [0.15, 0.2) is 0 Å². The van der Waals surface area contributed by atoms with Crippen LogP contribution in [-0.2, 0) is 6.18 Å². The SMILES string of the molecule is CC(C)C(CNc1ccc(C#N)c(C(F)(F)F)c1)C(C)C. The van der Waals surface area contributed by atoms with Gasteiger partial charge in [-0.3, -0.25) is 0 Å². The predicted octanol–water partition coefficient (Wildman–Crippen LogP) is 4.92. The Labute approximate surface area is 124 Å². The first-order valence-electron chi connectivity index (χ1n) is 7.02. The molecule has 0 spiro atoms. The van der Waals surface area contributed by atoms with Gasteiger partial charge in [-0.1, -0.05) is 27.7 Å². The highest BCUT2D eigenvalue weighted by molar-refractivity contribution is 5.53. The molecule has 1 rings (SSSR count). The molecule has 0 radical (unpaired) electrons. The molecule has 0 aliphatic carbocycles. The van der Waals surface area contributed by atoms with Crippen LogP contribution in [0.25, 0.3) is 0 Å². The van der Waals surface area contributed by atoms with E-state index in [-0.39, 0.29) is 5.56 Å². The number of nitrogens with zero attached hydrogens (tertiary/aromatic N) is 1. The number of nitriles is 1. The van der Waals surface area contributed by atoms with Crippen LogP contribution in [0.5, 0.6) is 0 Å². The first kappa shape index (κ1) is 17.4. The van der Waals surface area contributed by atoms with Crippen molar-refractivity contribution in [3.63, 3.8) is 0 Å². The zero-order valence-corrected chi connectivity index (χ0v) is 12.8. The third-order valence-electron chi connectivity index (χ3n) is 3.70. The molecule has 0 aliphatic rings. The third kappa shape index (κ3) is 4.66. The summed E-state index contributed by atoms with van der Waals surface area (Å²) in [4.78, 5) is 0. The van der Waals surface area contributed by atoms with Gasteiger partial charge in [-0.15, -0.1) is 0 Å². The van der Waals surface area contributed by atoms with Gasteiger partial charge in [0.1, 0.15) is 0 Å². The number of halogens is 3. The summed E-state index contributed by atoms with van der Waals surface area (Å²) < 4.78 is 38.7. The Hall–Kier alpha value is -1.70. The molecule has 0 fully saturated rings. The van der Waals surface area contributed by atoms with E-state index in [1.807, 2.05) is 0 Å². The highest BCUT2D eigenvalue weighted by Gasteiger charge is 2.33. The molecule has 1 N–H and O–H groups in total. The van der Waals surface area contributed by atoms with E-state index in [9.17, 15) is 13.2 Å². The zero-order valence-electron chi connectivity index (χ0n) is 12.8. The highest BCUT2D eigenvalue weighted by Crippen LogP contribution is 2.33. The topological polar surface area (TPSA) is 35.8 Å². The Morgan fingerprint density at radius 3 is 2.14 bits per heavy atom. The molecule has 1 aromatic carbocycles. The number of benzene rings is 1. The molecule has 116 valence electrons. The summed E-state index contributed by atoms with van der Waals surface area (Å²) in [7, 11) is 0. The number of hydrogen-bond donors (Lipinski definition) is 1. The molecule has 0 saturated heterocycles. The fourth-order valence-electron chi connectivity index (χ4n) is 2.46. The first-order chi connectivity index (χ1) is 9.66. The van der Waals surface area contributed by atoms with Crippen molar-refractivity contribution in [3.8, 4) is 6.07 Å². The van der Waals surface area contributed by atoms with E-state index in [4.69, 9.17) is 5.26 Å². The second-order valence-electron chi connectivity index (χ2n) is 5.90. The average Bonchev–Trinajstić information content (AvgIpc) is 2.36. The number of hydrogen-bond acceptors (Lipinski definition) is 2. The summed E-state index contributed by atoms with van der Waals surface area (Å²) in [6.07, 6.45) is -4.52. The predicted molar refractivity (Wildman–Crippen MR) is 77.8 cm³/mol. The molecule has 0 atom stereocenters. The quantitative estimate of drug-likeness (QED) is 0.837. The summed E-state index contributed by atoms with van der Waals surface area (Å²) in [5, 5.41) is 11.8. The van der Waals surface area contributed by atoms with E-state index in [1.54, 1.807) is 6.07 Å². The largest absolute Gasteiger partial charge is 0.417 e. The van der Waals surface area contributed by atoms with Gasteiger partial charge in [0, 0.05) is 12.2 Å². The van der Waals surface area contributed by atoms with Crippen LogP contribution in [0.3, 0.4) is 0 Å². The molecule has 0 bridgehead atoms. The summed E-state index contributed by atoms with van der Waals surface area (Å²) >= 11 is 0. The van der Waals surface area contributed by atoms with Gasteiger partial charge in [0.25, 0.3) is 0 Å². The van der Waals surface area contributed by atoms with Crippen LogP contribution in [0.4, 0.5) is 18.9 Å². The lowest BCUT2D eigenvalue weighted by molar-refractivity contribution is -0.137. The molecule has 5 heteroatoms. The van der Waals surface area contributed by atoms with Gasteiger partial charge < -0.3 is 5.32 Å². The first-order valence-corrected chi connectivity index (χ1v) is 7.02. The smallest absolute Gasteiger partial charge is 0.385 e. The van der Waals surface area contributed by atoms with Crippen LogP contribution in [-0.4, -0.2) is 6.54 Å².